The molecule has 140 valence electrons. The van der Waals surface area contributed by atoms with Gasteiger partial charge in [-0.1, -0.05) is 13.8 Å². The van der Waals surface area contributed by atoms with E-state index in [-0.39, 0.29) is 0 Å². The molecule has 0 N–H and O–H groups in total. The van der Waals surface area contributed by atoms with Crippen molar-refractivity contribution in [1.29, 1.82) is 0 Å². The van der Waals surface area contributed by atoms with Gasteiger partial charge in [0.2, 0.25) is 0 Å². The lowest BCUT2D eigenvalue weighted by Crippen LogP contribution is -2.44. The number of hydrogen-bond donors (Lipinski definition) is 0. The standard InChI is InChI=1S/C19H28N6S/c1-14(2)18-20-10-15-12-24(5-4-17(15)22-18)13-16-11-21-19(26-16)25-8-6-23(3)7-9-25/h10-11,14H,4-9,12-13H2,1-3H3. The molecule has 0 radical (unpaired) electrons. The number of likely N-dealkylation sites (N-methyl/N-ethyl adjacent to an activating group) is 1. The van der Waals surface area contributed by atoms with E-state index in [2.05, 4.69) is 51.8 Å². The molecule has 0 spiro atoms. The highest BCUT2D eigenvalue weighted by Crippen LogP contribution is 2.26. The van der Waals surface area contributed by atoms with Crippen LogP contribution in [0.4, 0.5) is 5.13 Å². The number of aromatic nitrogens is 3. The summed E-state index contributed by atoms with van der Waals surface area (Å²) in [6.45, 7) is 11.7. The topological polar surface area (TPSA) is 48.4 Å². The van der Waals surface area contributed by atoms with Gasteiger partial charge in [-0.25, -0.2) is 15.0 Å². The van der Waals surface area contributed by atoms with Crippen molar-refractivity contribution in [3.63, 3.8) is 0 Å². The molecule has 6 nitrogen and oxygen atoms in total. The molecule has 26 heavy (non-hydrogen) atoms. The summed E-state index contributed by atoms with van der Waals surface area (Å²) in [5.41, 5.74) is 2.52. The molecule has 7 heteroatoms. The van der Waals surface area contributed by atoms with Gasteiger partial charge in [0.05, 0.1) is 0 Å². The normalized spacial score (nSPS) is 19.2. The summed E-state index contributed by atoms with van der Waals surface area (Å²) < 4.78 is 0. The number of piperazine rings is 1. The summed E-state index contributed by atoms with van der Waals surface area (Å²) in [5, 5.41) is 1.18. The van der Waals surface area contributed by atoms with Crippen LogP contribution in [0.1, 0.15) is 41.7 Å². The highest BCUT2D eigenvalue weighted by molar-refractivity contribution is 7.15. The minimum Gasteiger partial charge on any atom is -0.346 e. The Hall–Kier alpha value is -1.57. The number of hydrogen-bond acceptors (Lipinski definition) is 7. The molecule has 0 bridgehead atoms. The maximum atomic E-state index is 4.77. The molecule has 4 rings (SSSR count). The molecule has 2 aromatic rings. The number of rotatable bonds is 4. The second kappa shape index (κ2) is 7.58. The summed E-state index contributed by atoms with van der Waals surface area (Å²) in [6, 6.07) is 0. The van der Waals surface area contributed by atoms with Gasteiger partial charge in [0.25, 0.3) is 0 Å². The van der Waals surface area contributed by atoms with Crippen molar-refractivity contribution < 1.29 is 0 Å². The molecule has 0 aliphatic carbocycles. The first-order valence-electron chi connectivity index (χ1n) is 9.53. The van der Waals surface area contributed by atoms with Crippen LogP contribution in [0.25, 0.3) is 0 Å². The van der Waals surface area contributed by atoms with Crippen LogP contribution in [0.3, 0.4) is 0 Å². The van der Waals surface area contributed by atoms with Crippen LogP contribution in [0.2, 0.25) is 0 Å². The third-order valence-electron chi connectivity index (χ3n) is 5.24. The molecule has 2 aromatic heterocycles. The van der Waals surface area contributed by atoms with Crippen LogP contribution in [-0.4, -0.2) is 64.5 Å². The van der Waals surface area contributed by atoms with Crippen LogP contribution < -0.4 is 4.90 Å². The first-order chi connectivity index (χ1) is 12.6. The third-order valence-corrected chi connectivity index (χ3v) is 6.29. The van der Waals surface area contributed by atoms with Crippen molar-refractivity contribution in [3.05, 3.63) is 34.4 Å². The molecule has 4 heterocycles. The van der Waals surface area contributed by atoms with Gasteiger partial charge in [0.1, 0.15) is 5.82 Å². The lowest BCUT2D eigenvalue weighted by molar-refractivity contribution is 0.244. The van der Waals surface area contributed by atoms with Gasteiger partial charge >= 0.3 is 0 Å². The first-order valence-corrected chi connectivity index (χ1v) is 10.4. The first kappa shape index (κ1) is 17.8. The van der Waals surface area contributed by atoms with Crippen molar-refractivity contribution >= 4 is 16.5 Å². The summed E-state index contributed by atoms with van der Waals surface area (Å²) in [7, 11) is 2.19. The Morgan fingerprint density at radius 3 is 2.65 bits per heavy atom. The molecule has 0 saturated carbocycles. The molecule has 2 aliphatic rings. The van der Waals surface area contributed by atoms with E-state index >= 15 is 0 Å². The second-order valence-corrected chi connectivity index (χ2v) is 8.81. The minimum atomic E-state index is 0.392. The number of fused-ring (bicyclic) bond motifs is 1. The summed E-state index contributed by atoms with van der Waals surface area (Å²) in [5.74, 6) is 1.36. The maximum Gasteiger partial charge on any atom is 0.185 e. The molecule has 0 aromatic carbocycles. The molecule has 2 aliphatic heterocycles. The Morgan fingerprint density at radius 1 is 1.08 bits per heavy atom. The predicted molar refractivity (Wildman–Crippen MR) is 106 cm³/mol. The zero-order valence-corrected chi connectivity index (χ0v) is 16.8. The van der Waals surface area contributed by atoms with E-state index in [4.69, 9.17) is 4.98 Å². The fraction of sp³-hybridized carbons (Fsp3) is 0.632. The van der Waals surface area contributed by atoms with Gasteiger partial charge in [-0.05, 0) is 7.05 Å². The fourth-order valence-electron chi connectivity index (χ4n) is 3.54. The number of anilines is 1. The average molecular weight is 373 g/mol. The molecular formula is C19H28N6S. The third kappa shape index (κ3) is 3.89. The number of thiazole rings is 1. The van der Waals surface area contributed by atoms with E-state index < -0.39 is 0 Å². The summed E-state index contributed by atoms with van der Waals surface area (Å²) in [4.78, 5) is 22.6. The lowest BCUT2D eigenvalue weighted by Gasteiger charge is -2.32. The monoisotopic (exact) mass is 372 g/mol. The Morgan fingerprint density at radius 2 is 1.88 bits per heavy atom. The average Bonchev–Trinajstić information content (AvgIpc) is 3.10. The quantitative estimate of drug-likeness (QED) is 0.821. The smallest absolute Gasteiger partial charge is 0.185 e. The van der Waals surface area contributed by atoms with Crippen molar-refractivity contribution in [2.45, 2.75) is 39.3 Å². The van der Waals surface area contributed by atoms with Crippen LogP contribution in [0.15, 0.2) is 12.4 Å². The van der Waals surface area contributed by atoms with Gasteiger partial charge in [0, 0.05) is 86.7 Å². The maximum absolute atomic E-state index is 4.77. The van der Waals surface area contributed by atoms with Gasteiger partial charge < -0.3 is 9.80 Å². The molecule has 0 unspecified atom stereocenters. The van der Waals surface area contributed by atoms with E-state index in [1.807, 2.05) is 17.5 Å². The minimum absolute atomic E-state index is 0.392. The number of nitrogens with zero attached hydrogens (tertiary/aromatic N) is 6. The van der Waals surface area contributed by atoms with Crippen molar-refractivity contribution in [2.24, 2.45) is 0 Å². The fourth-order valence-corrected chi connectivity index (χ4v) is 4.54. The van der Waals surface area contributed by atoms with Gasteiger partial charge in [-0.2, -0.15) is 0 Å². The highest BCUT2D eigenvalue weighted by Gasteiger charge is 2.21. The molecule has 0 atom stereocenters. The summed E-state index contributed by atoms with van der Waals surface area (Å²) >= 11 is 1.85. The molecule has 0 amide bonds. The zero-order valence-electron chi connectivity index (χ0n) is 16.0. The summed E-state index contributed by atoms with van der Waals surface area (Å²) in [6.07, 6.45) is 5.11. The lowest BCUT2D eigenvalue weighted by atomic mass is 10.1. The van der Waals surface area contributed by atoms with Crippen LogP contribution in [-0.2, 0) is 19.5 Å². The van der Waals surface area contributed by atoms with E-state index in [1.54, 1.807) is 0 Å². The van der Waals surface area contributed by atoms with E-state index in [1.165, 1.54) is 21.3 Å². The predicted octanol–water partition coefficient (Wildman–Crippen LogP) is 2.37. The zero-order chi connectivity index (χ0) is 18.1. The van der Waals surface area contributed by atoms with Crippen LogP contribution in [0.5, 0.6) is 0 Å². The SMILES string of the molecule is CC(C)c1ncc2c(n1)CCN(Cc1cnc(N3CCN(C)CC3)s1)C2. The Bertz CT molecular complexity index is 750. The largest absolute Gasteiger partial charge is 0.346 e. The van der Waals surface area contributed by atoms with E-state index in [0.29, 0.717) is 5.92 Å². The Kier molecular flexibility index (Phi) is 5.20. The molecular weight excluding hydrogens is 344 g/mol. The second-order valence-electron chi connectivity index (χ2n) is 7.71. The van der Waals surface area contributed by atoms with Gasteiger partial charge in [-0.15, -0.1) is 11.3 Å². The Labute approximate surface area is 159 Å². The van der Waals surface area contributed by atoms with Crippen LogP contribution in [0, 0.1) is 0 Å². The van der Waals surface area contributed by atoms with Crippen molar-refractivity contribution in [2.75, 3.05) is 44.7 Å². The van der Waals surface area contributed by atoms with Gasteiger partial charge in [0.15, 0.2) is 5.13 Å². The van der Waals surface area contributed by atoms with Gasteiger partial charge in [-0.3, -0.25) is 4.90 Å². The molecule has 1 fully saturated rings. The van der Waals surface area contributed by atoms with E-state index in [0.717, 1.165) is 58.1 Å². The Balaban J connectivity index is 1.38. The highest BCUT2D eigenvalue weighted by atomic mass is 32.1. The molecule has 1 saturated heterocycles. The van der Waals surface area contributed by atoms with Crippen LogP contribution >= 0.6 is 11.3 Å². The van der Waals surface area contributed by atoms with Crippen molar-refractivity contribution in [3.8, 4) is 0 Å². The van der Waals surface area contributed by atoms with Crippen molar-refractivity contribution in [1.82, 2.24) is 24.8 Å². The van der Waals surface area contributed by atoms with E-state index in [9.17, 15) is 0 Å².